The fourth-order valence-electron chi connectivity index (χ4n) is 3.00. The second-order valence-electron chi connectivity index (χ2n) is 6.99. The highest BCUT2D eigenvalue weighted by atomic mass is 16.5. The summed E-state index contributed by atoms with van der Waals surface area (Å²) in [6.07, 6.45) is 8.43. The lowest BCUT2D eigenvalue weighted by Gasteiger charge is -2.24. The number of hydrogen-bond donors (Lipinski definition) is 0. The van der Waals surface area contributed by atoms with Gasteiger partial charge in [-0.15, -0.1) is 0 Å². The summed E-state index contributed by atoms with van der Waals surface area (Å²) in [5.74, 6) is 0.125. The van der Waals surface area contributed by atoms with Crippen molar-refractivity contribution in [3.63, 3.8) is 0 Å². The van der Waals surface area contributed by atoms with Crippen molar-refractivity contribution >= 4 is 11.8 Å². The third-order valence-electron chi connectivity index (χ3n) is 4.70. The van der Waals surface area contributed by atoms with Gasteiger partial charge in [0.1, 0.15) is 13.2 Å². The summed E-state index contributed by atoms with van der Waals surface area (Å²) in [5, 5.41) is 0. The Morgan fingerprint density at radius 1 is 0.731 bits per heavy atom. The molecule has 1 aliphatic heterocycles. The summed E-state index contributed by atoms with van der Waals surface area (Å²) in [7, 11) is 0. The van der Waals surface area contributed by atoms with Gasteiger partial charge in [0.05, 0.1) is 13.2 Å². The summed E-state index contributed by atoms with van der Waals surface area (Å²) < 4.78 is 10.9. The fraction of sp³-hybridized carbons (Fsp3) is 0.900. The number of nitrogens with zero attached hydrogens (tertiary/aromatic N) is 2. The van der Waals surface area contributed by atoms with Crippen LogP contribution in [0.15, 0.2) is 0 Å². The van der Waals surface area contributed by atoms with Crippen LogP contribution in [0.3, 0.4) is 0 Å². The number of amides is 2. The van der Waals surface area contributed by atoms with Gasteiger partial charge in [-0.2, -0.15) is 0 Å². The van der Waals surface area contributed by atoms with Crippen molar-refractivity contribution in [3.05, 3.63) is 0 Å². The molecular formula is C20H38N2O4. The largest absolute Gasteiger partial charge is 0.369 e. The highest BCUT2D eigenvalue weighted by Gasteiger charge is 2.15. The van der Waals surface area contributed by atoms with E-state index in [4.69, 9.17) is 9.47 Å². The molecule has 0 aliphatic carbocycles. The van der Waals surface area contributed by atoms with Crippen molar-refractivity contribution in [2.75, 3.05) is 52.6 Å². The molecule has 0 bridgehead atoms. The van der Waals surface area contributed by atoms with E-state index in [-0.39, 0.29) is 25.0 Å². The minimum atomic E-state index is 0.0624. The average molecular weight is 371 g/mol. The van der Waals surface area contributed by atoms with E-state index in [1.807, 2.05) is 9.80 Å². The fourth-order valence-corrected chi connectivity index (χ4v) is 3.00. The van der Waals surface area contributed by atoms with E-state index in [2.05, 4.69) is 13.8 Å². The van der Waals surface area contributed by atoms with Crippen LogP contribution >= 0.6 is 0 Å². The molecule has 26 heavy (non-hydrogen) atoms. The van der Waals surface area contributed by atoms with Crippen molar-refractivity contribution in [2.45, 2.75) is 65.2 Å². The normalized spacial score (nSPS) is 19.8. The smallest absolute Gasteiger partial charge is 0.248 e. The van der Waals surface area contributed by atoms with Crippen LogP contribution in [-0.4, -0.2) is 74.2 Å². The summed E-state index contributed by atoms with van der Waals surface area (Å²) in [6.45, 7) is 8.40. The molecule has 6 nitrogen and oxygen atoms in total. The van der Waals surface area contributed by atoms with Crippen LogP contribution in [0, 0.1) is 0 Å². The Morgan fingerprint density at radius 3 is 1.54 bits per heavy atom. The molecular weight excluding hydrogens is 332 g/mol. The molecule has 1 heterocycles. The number of unbranched alkanes of at least 4 members (excludes halogenated alkanes) is 2. The van der Waals surface area contributed by atoms with E-state index in [0.717, 1.165) is 77.5 Å². The van der Waals surface area contributed by atoms with E-state index in [0.29, 0.717) is 13.2 Å². The standard InChI is InChI=1S/C20H38N2O4/c1-3-5-11-21-13-9-7-8-10-14-22(12-6-4-2)20(24)18-26-16-15-25-17-19(21)23/h3-18H2,1-2H3. The Morgan fingerprint density at radius 2 is 1.15 bits per heavy atom. The summed E-state index contributed by atoms with van der Waals surface area (Å²) in [5.41, 5.74) is 0. The van der Waals surface area contributed by atoms with E-state index >= 15 is 0 Å². The Bertz CT molecular complexity index is 354. The summed E-state index contributed by atoms with van der Waals surface area (Å²) in [4.78, 5) is 28.5. The van der Waals surface area contributed by atoms with Crippen LogP contribution in [0.4, 0.5) is 0 Å². The van der Waals surface area contributed by atoms with Gasteiger partial charge in [-0.1, -0.05) is 39.5 Å². The zero-order valence-corrected chi connectivity index (χ0v) is 16.8. The molecule has 2 amide bonds. The van der Waals surface area contributed by atoms with Gasteiger partial charge >= 0.3 is 0 Å². The molecule has 0 N–H and O–H groups in total. The first-order valence-electron chi connectivity index (χ1n) is 10.4. The molecule has 0 aromatic heterocycles. The minimum absolute atomic E-state index is 0.0624. The maximum atomic E-state index is 12.3. The maximum Gasteiger partial charge on any atom is 0.248 e. The zero-order chi connectivity index (χ0) is 19.0. The van der Waals surface area contributed by atoms with Gasteiger partial charge in [0.2, 0.25) is 11.8 Å². The van der Waals surface area contributed by atoms with Crippen molar-refractivity contribution in [2.24, 2.45) is 0 Å². The maximum absolute atomic E-state index is 12.3. The molecule has 6 heteroatoms. The third-order valence-corrected chi connectivity index (χ3v) is 4.70. The van der Waals surface area contributed by atoms with Gasteiger partial charge in [0, 0.05) is 26.2 Å². The second-order valence-corrected chi connectivity index (χ2v) is 6.99. The average Bonchev–Trinajstić information content (AvgIpc) is 2.64. The van der Waals surface area contributed by atoms with Crippen molar-refractivity contribution in [1.82, 2.24) is 9.80 Å². The molecule has 0 unspecified atom stereocenters. The van der Waals surface area contributed by atoms with E-state index in [9.17, 15) is 9.59 Å². The third kappa shape index (κ3) is 10.1. The molecule has 152 valence electrons. The predicted molar refractivity (Wildman–Crippen MR) is 103 cm³/mol. The van der Waals surface area contributed by atoms with Crippen LogP contribution in [0.2, 0.25) is 0 Å². The molecule has 0 aromatic rings. The van der Waals surface area contributed by atoms with Crippen LogP contribution in [0.25, 0.3) is 0 Å². The van der Waals surface area contributed by atoms with Crippen molar-refractivity contribution in [3.8, 4) is 0 Å². The molecule has 1 rings (SSSR count). The van der Waals surface area contributed by atoms with Crippen LogP contribution in [-0.2, 0) is 19.1 Å². The Balaban J connectivity index is 2.52. The van der Waals surface area contributed by atoms with E-state index < -0.39 is 0 Å². The number of carbonyl (C=O) groups excluding carboxylic acids is 2. The minimum Gasteiger partial charge on any atom is -0.369 e. The first-order chi connectivity index (χ1) is 12.7. The lowest BCUT2D eigenvalue weighted by Crippen LogP contribution is -2.37. The van der Waals surface area contributed by atoms with Crippen LogP contribution in [0.1, 0.15) is 65.2 Å². The van der Waals surface area contributed by atoms with E-state index in [1.165, 1.54) is 0 Å². The highest BCUT2D eigenvalue weighted by Crippen LogP contribution is 2.07. The van der Waals surface area contributed by atoms with Crippen molar-refractivity contribution in [1.29, 1.82) is 0 Å². The van der Waals surface area contributed by atoms with Gasteiger partial charge in [-0.25, -0.2) is 0 Å². The highest BCUT2D eigenvalue weighted by molar-refractivity contribution is 5.77. The molecule has 0 spiro atoms. The number of ether oxygens (including phenoxy) is 2. The lowest BCUT2D eigenvalue weighted by molar-refractivity contribution is -0.140. The Kier molecular flexibility index (Phi) is 13.2. The SMILES string of the molecule is CCCCN1CCCCCCN(CCCC)C(=O)COCCOCC1=O. The van der Waals surface area contributed by atoms with Gasteiger partial charge in [-0.3, -0.25) is 9.59 Å². The second kappa shape index (κ2) is 15.0. The van der Waals surface area contributed by atoms with E-state index in [1.54, 1.807) is 0 Å². The monoisotopic (exact) mass is 370 g/mol. The van der Waals surface area contributed by atoms with Crippen LogP contribution < -0.4 is 0 Å². The van der Waals surface area contributed by atoms with Gasteiger partial charge in [-0.05, 0) is 25.7 Å². The summed E-state index contributed by atoms with van der Waals surface area (Å²) in [6, 6.07) is 0. The molecule has 1 fully saturated rings. The van der Waals surface area contributed by atoms with Gasteiger partial charge < -0.3 is 19.3 Å². The summed E-state index contributed by atoms with van der Waals surface area (Å²) >= 11 is 0. The predicted octanol–water partition coefficient (Wildman–Crippen LogP) is 2.85. The van der Waals surface area contributed by atoms with Crippen LogP contribution in [0.5, 0.6) is 0 Å². The first-order valence-corrected chi connectivity index (χ1v) is 10.4. The molecule has 0 saturated carbocycles. The quantitative estimate of drug-likeness (QED) is 0.721. The number of carbonyl (C=O) groups is 2. The zero-order valence-electron chi connectivity index (χ0n) is 16.8. The molecule has 1 saturated heterocycles. The van der Waals surface area contributed by atoms with Gasteiger partial charge in [0.25, 0.3) is 0 Å². The Hall–Kier alpha value is -1.14. The topological polar surface area (TPSA) is 59.1 Å². The number of rotatable bonds is 6. The lowest BCUT2D eigenvalue weighted by atomic mass is 10.1. The molecule has 0 aromatic carbocycles. The van der Waals surface area contributed by atoms with Crippen molar-refractivity contribution < 1.29 is 19.1 Å². The van der Waals surface area contributed by atoms with Gasteiger partial charge in [0.15, 0.2) is 0 Å². The molecule has 0 radical (unpaired) electrons. The first kappa shape index (κ1) is 22.9. The Labute approximate surface area is 159 Å². The number of hydrogen-bond acceptors (Lipinski definition) is 4. The molecule has 0 atom stereocenters. The molecule has 1 aliphatic rings.